The Kier molecular flexibility index (Phi) is 1.98. The zero-order valence-corrected chi connectivity index (χ0v) is 8.12. The molecule has 0 aliphatic heterocycles. The normalized spacial score (nSPS) is 10.2. The monoisotopic (exact) mass is 209 g/mol. The van der Waals surface area contributed by atoms with Gasteiger partial charge in [-0.15, -0.1) is 24.0 Å². The maximum atomic E-state index is 12.9. The van der Waals surface area contributed by atoms with Gasteiger partial charge in [-0.2, -0.15) is 5.26 Å². The molecule has 1 nitrogen and oxygen atoms in total. The second-order valence-electron chi connectivity index (χ2n) is 2.56. The fourth-order valence-electron chi connectivity index (χ4n) is 1.20. The molecule has 0 radical (unpaired) electrons. The fraction of sp³-hybridized carbons (Fsp3) is 0. The average Bonchev–Trinajstić information content (AvgIpc) is 2.47. The highest BCUT2D eigenvalue weighted by molar-refractivity contribution is 7.80. The molecule has 0 atom stereocenters. The Morgan fingerprint density at radius 1 is 1.46 bits per heavy atom. The summed E-state index contributed by atoms with van der Waals surface area (Å²) in [5.74, 6) is -0.316. The van der Waals surface area contributed by atoms with Crippen LogP contribution in [0.25, 0.3) is 10.1 Å². The van der Waals surface area contributed by atoms with Gasteiger partial charge in [0.15, 0.2) is 0 Å². The highest BCUT2D eigenvalue weighted by Crippen LogP contribution is 2.31. The number of halogens is 1. The van der Waals surface area contributed by atoms with Gasteiger partial charge in [-0.1, -0.05) is 0 Å². The molecule has 0 unspecified atom stereocenters. The molecule has 2 aromatic rings. The van der Waals surface area contributed by atoms with E-state index in [0.29, 0.717) is 10.5 Å². The molecule has 1 heterocycles. The van der Waals surface area contributed by atoms with Crippen molar-refractivity contribution in [1.29, 1.82) is 5.26 Å². The van der Waals surface area contributed by atoms with Gasteiger partial charge >= 0.3 is 0 Å². The summed E-state index contributed by atoms with van der Waals surface area (Å²) in [5, 5.41) is 11.2. The Morgan fingerprint density at radius 3 is 2.92 bits per heavy atom. The molecule has 1 aromatic carbocycles. The van der Waals surface area contributed by atoms with E-state index in [2.05, 4.69) is 12.6 Å². The van der Waals surface area contributed by atoms with E-state index >= 15 is 0 Å². The molecule has 0 saturated carbocycles. The third-order valence-electron chi connectivity index (χ3n) is 1.74. The summed E-state index contributed by atoms with van der Waals surface area (Å²) in [4.78, 5) is 0.521. The Labute approximate surface area is 83.8 Å². The van der Waals surface area contributed by atoms with Crippen LogP contribution in [-0.2, 0) is 0 Å². The molecule has 13 heavy (non-hydrogen) atoms. The summed E-state index contributed by atoms with van der Waals surface area (Å²) in [6.07, 6.45) is 0. The molecule has 0 fully saturated rings. The fourth-order valence-corrected chi connectivity index (χ4v) is 2.57. The number of thiol groups is 1. The lowest BCUT2D eigenvalue weighted by atomic mass is 10.2. The SMILES string of the molecule is N#Cc1csc2cc(F)cc(S)c12. The van der Waals surface area contributed by atoms with Crippen LogP contribution >= 0.6 is 24.0 Å². The Balaban J connectivity index is 2.92. The Hall–Kier alpha value is -1.05. The largest absolute Gasteiger partial charge is 0.207 e. The van der Waals surface area contributed by atoms with E-state index in [1.807, 2.05) is 6.07 Å². The molecule has 64 valence electrons. The molecule has 0 aliphatic carbocycles. The van der Waals surface area contributed by atoms with Crippen LogP contribution in [0.5, 0.6) is 0 Å². The van der Waals surface area contributed by atoms with Gasteiger partial charge in [-0.05, 0) is 12.1 Å². The van der Waals surface area contributed by atoms with Crippen molar-refractivity contribution in [2.75, 3.05) is 0 Å². The number of fused-ring (bicyclic) bond motifs is 1. The smallest absolute Gasteiger partial charge is 0.125 e. The first-order valence-corrected chi connectivity index (χ1v) is 4.85. The highest BCUT2D eigenvalue weighted by atomic mass is 32.1. The average molecular weight is 209 g/mol. The Morgan fingerprint density at radius 2 is 2.23 bits per heavy atom. The molecule has 0 spiro atoms. The van der Waals surface area contributed by atoms with Crippen molar-refractivity contribution in [1.82, 2.24) is 0 Å². The number of nitrogens with zero attached hydrogens (tertiary/aromatic N) is 1. The minimum atomic E-state index is -0.316. The van der Waals surface area contributed by atoms with Gasteiger partial charge in [0.25, 0.3) is 0 Å². The van der Waals surface area contributed by atoms with Gasteiger partial charge < -0.3 is 0 Å². The van der Waals surface area contributed by atoms with E-state index in [1.54, 1.807) is 5.38 Å². The van der Waals surface area contributed by atoms with E-state index in [-0.39, 0.29) is 5.82 Å². The van der Waals surface area contributed by atoms with Crippen LogP contribution < -0.4 is 0 Å². The number of rotatable bonds is 0. The van der Waals surface area contributed by atoms with Crippen LogP contribution in [0.4, 0.5) is 4.39 Å². The summed E-state index contributed by atoms with van der Waals surface area (Å²) in [6.45, 7) is 0. The van der Waals surface area contributed by atoms with Crippen LogP contribution in [0.15, 0.2) is 22.4 Å². The molecule has 1 aromatic heterocycles. The minimum absolute atomic E-state index is 0.316. The van der Waals surface area contributed by atoms with Crippen molar-refractivity contribution < 1.29 is 4.39 Å². The number of hydrogen-bond donors (Lipinski definition) is 1. The summed E-state index contributed by atoms with van der Waals surface area (Å²) in [6, 6.07) is 4.79. The molecule has 0 N–H and O–H groups in total. The summed E-state index contributed by atoms with van der Waals surface area (Å²) < 4.78 is 13.7. The molecule has 0 amide bonds. The lowest BCUT2D eigenvalue weighted by Gasteiger charge is -1.95. The third kappa shape index (κ3) is 1.30. The minimum Gasteiger partial charge on any atom is -0.207 e. The summed E-state index contributed by atoms with van der Waals surface area (Å²) in [5.41, 5.74) is 0.560. The predicted octanol–water partition coefficient (Wildman–Crippen LogP) is 3.20. The van der Waals surface area contributed by atoms with Gasteiger partial charge in [-0.3, -0.25) is 0 Å². The van der Waals surface area contributed by atoms with Gasteiger partial charge in [0.05, 0.1) is 5.56 Å². The van der Waals surface area contributed by atoms with E-state index < -0.39 is 0 Å². The second-order valence-corrected chi connectivity index (χ2v) is 3.95. The van der Waals surface area contributed by atoms with E-state index in [1.165, 1.54) is 23.5 Å². The van der Waals surface area contributed by atoms with Crippen molar-refractivity contribution in [3.05, 3.63) is 28.9 Å². The molecule has 0 bridgehead atoms. The highest BCUT2D eigenvalue weighted by Gasteiger charge is 2.08. The van der Waals surface area contributed by atoms with Gasteiger partial charge in [0, 0.05) is 20.4 Å². The third-order valence-corrected chi connectivity index (χ3v) is 3.02. The molecule has 0 saturated heterocycles. The molecule has 2 rings (SSSR count). The van der Waals surface area contributed by atoms with Crippen molar-refractivity contribution in [2.45, 2.75) is 4.90 Å². The Bertz CT molecular complexity index is 510. The van der Waals surface area contributed by atoms with Crippen LogP contribution in [-0.4, -0.2) is 0 Å². The second kappa shape index (κ2) is 3.02. The van der Waals surface area contributed by atoms with Crippen LogP contribution in [0, 0.1) is 17.1 Å². The molecule has 0 aliphatic rings. The van der Waals surface area contributed by atoms with Crippen LogP contribution in [0.3, 0.4) is 0 Å². The van der Waals surface area contributed by atoms with E-state index in [0.717, 1.165) is 10.1 Å². The molecular formula is C9H4FNS2. The lowest BCUT2D eigenvalue weighted by Crippen LogP contribution is -1.77. The van der Waals surface area contributed by atoms with E-state index in [4.69, 9.17) is 5.26 Å². The standard InChI is InChI=1S/C9H4FNS2/c10-6-1-7(12)9-5(3-11)4-13-8(9)2-6/h1-2,4,12H. The van der Waals surface area contributed by atoms with Gasteiger partial charge in [0.2, 0.25) is 0 Å². The van der Waals surface area contributed by atoms with Crippen LogP contribution in [0.2, 0.25) is 0 Å². The maximum Gasteiger partial charge on any atom is 0.125 e. The predicted molar refractivity (Wildman–Crippen MR) is 53.8 cm³/mol. The first kappa shape index (κ1) is 8.54. The van der Waals surface area contributed by atoms with Crippen molar-refractivity contribution in [3.8, 4) is 6.07 Å². The zero-order valence-electron chi connectivity index (χ0n) is 6.41. The quantitative estimate of drug-likeness (QED) is 0.662. The van der Waals surface area contributed by atoms with Crippen molar-refractivity contribution in [2.24, 2.45) is 0 Å². The first-order valence-electron chi connectivity index (χ1n) is 3.52. The summed E-state index contributed by atoms with van der Waals surface area (Å²) in [7, 11) is 0. The number of nitriles is 1. The van der Waals surface area contributed by atoms with Gasteiger partial charge in [-0.25, -0.2) is 4.39 Å². The molecule has 4 heteroatoms. The van der Waals surface area contributed by atoms with E-state index in [9.17, 15) is 4.39 Å². The lowest BCUT2D eigenvalue weighted by molar-refractivity contribution is 0.627. The van der Waals surface area contributed by atoms with Gasteiger partial charge in [0.1, 0.15) is 11.9 Å². The number of thiophene rings is 1. The summed E-state index contributed by atoms with van der Waals surface area (Å²) >= 11 is 5.48. The van der Waals surface area contributed by atoms with Crippen LogP contribution in [0.1, 0.15) is 5.56 Å². The topological polar surface area (TPSA) is 23.8 Å². The number of benzene rings is 1. The number of hydrogen-bond acceptors (Lipinski definition) is 3. The van der Waals surface area contributed by atoms with Crippen molar-refractivity contribution >= 4 is 34.1 Å². The van der Waals surface area contributed by atoms with Crippen molar-refractivity contribution in [3.63, 3.8) is 0 Å². The molecular weight excluding hydrogens is 205 g/mol. The first-order chi connectivity index (χ1) is 6.22. The zero-order chi connectivity index (χ0) is 9.42. The maximum absolute atomic E-state index is 12.9.